The molecule has 1 heterocycles. The Kier molecular flexibility index (Phi) is 3.24. The summed E-state index contributed by atoms with van der Waals surface area (Å²) in [7, 11) is 0. The lowest BCUT2D eigenvalue weighted by Crippen LogP contribution is -1.95. The molecule has 0 saturated carbocycles. The van der Waals surface area contributed by atoms with Crippen molar-refractivity contribution >= 4 is 23.1 Å². The van der Waals surface area contributed by atoms with Gasteiger partial charge in [-0.05, 0) is 12.1 Å². The number of nitro groups is 1. The van der Waals surface area contributed by atoms with Crippen LogP contribution in [0.15, 0.2) is 30.3 Å². The lowest BCUT2D eigenvalue weighted by molar-refractivity contribution is -0.384. The van der Waals surface area contributed by atoms with Gasteiger partial charge in [0.15, 0.2) is 0 Å². The van der Waals surface area contributed by atoms with E-state index in [9.17, 15) is 10.1 Å². The van der Waals surface area contributed by atoms with Crippen molar-refractivity contribution in [3.63, 3.8) is 0 Å². The van der Waals surface area contributed by atoms with Gasteiger partial charge in [-0.25, -0.2) is 0 Å². The quantitative estimate of drug-likeness (QED) is 0.676. The molecule has 0 saturated heterocycles. The van der Waals surface area contributed by atoms with Gasteiger partial charge in [0.25, 0.3) is 5.69 Å². The van der Waals surface area contributed by atoms with Gasteiger partial charge in [0.05, 0.1) is 4.92 Å². The zero-order valence-electron chi connectivity index (χ0n) is 8.91. The van der Waals surface area contributed by atoms with Crippen molar-refractivity contribution in [3.05, 3.63) is 45.5 Å². The molecule has 0 amide bonds. The fourth-order valence-corrected chi connectivity index (χ4v) is 1.44. The van der Waals surface area contributed by atoms with Crippen LogP contribution in [-0.4, -0.2) is 15.1 Å². The number of nitrogens with zero attached hydrogens (tertiary/aromatic N) is 3. The summed E-state index contributed by atoms with van der Waals surface area (Å²) in [5, 5.41) is 17.9. The molecule has 92 valence electrons. The first-order valence-corrected chi connectivity index (χ1v) is 5.15. The number of halogens is 1. The zero-order valence-corrected chi connectivity index (χ0v) is 9.66. The highest BCUT2D eigenvalue weighted by atomic mass is 35.5. The molecular formula is C10H7ClN4O3. The molecule has 1 aromatic carbocycles. The predicted molar refractivity (Wildman–Crippen MR) is 64.6 cm³/mol. The van der Waals surface area contributed by atoms with Crippen molar-refractivity contribution < 1.29 is 9.66 Å². The molecule has 7 nitrogen and oxygen atoms in total. The van der Waals surface area contributed by atoms with Crippen LogP contribution in [0.2, 0.25) is 5.02 Å². The first kappa shape index (κ1) is 12.1. The van der Waals surface area contributed by atoms with Gasteiger partial charge in [-0.15, -0.1) is 10.2 Å². The van der Waals surface area contributed by atoms with Crippen molar-refractivity contribution in [2.75, 3.05) is 5.73 Å². The molecule has 2 aromatic rings. The van der Waals surface area contributed by atoms with E-state index in [1.165, 1.54) is 30.3 Å². The Morgan fingerprint density at radius 2 is 2.06 bits per heavy atom. The number of hydrogen-bond acceptors (Lipinski definition) is 6. The highest BCUT2D eigenvalue weighted by Gasteiger charge is 2.13. The van der Waals surface area contributed by atoms with Crippen LogP contribution in [0.25, 0.3) is 0 Å². The highest BCUT2D eigenvalue weighted by Crippen LogP contribution is 2.30. The maximum absolute atomic E-state index is 10.6. The van der Waals surface area contributed by atoms with Gasteiger partial charge < -0.3 is 10.5 Å². The maximum atomic E-state index is 10.6. The molecule has 0 radical (unpaired) electrons. The van der Waals surface area contributed by atoms with Crippen molar-refractivity contribution in [1.82, 2.24) is 10.2 Å². The topological polar surface area (TPSA) is 104 Å². The lowest BCUT2D eigenvalue weighted by Gasteiger charge is -2.04. The minimum atomic E-state index is -0.574. The normalized spacial score (nSPS) is 10.1. The van der Waals surface area contributed by atoms with E-state index in [0.717, 1.165) is 0 Å². The van der Waals surface area contributed by atoms with E-state index in [2.05, 4.69) is 10.2 Å². The smallest absolute Gasteiger partial charge is 0.288 e. The monoisotopic (exact) mass is 266 g/mol. The lowest BCUT2D eigenvalue weighted by atomic mass is 10.3. The number of rotatable bonds is 3. The Balaban J connectivity index is 2.22. The zero-order chi connectivity index (χ0) is 13.1. The Bertz CT molecular complexity index is 588. The highest BCUT2D eigenvalue weighted by molar-refractivity contribution is 6.32. The van der Waals surface area contributed by atoms with Crippen LogP contribution in [0, 0.1) is 10.1 Å². The van der Waals surface area contributed by atoms with E-state index < -0.39 is 4.92 Å². The van der Waals surface area contributed by atoms with E-state index in [1.807, 2.05) is 0 Å². The standard InChI is InChI=1S/C10H7ClN4O3/c11-7-5-6(1-2-8(7)15(16)17)18-10-4-3-9(12)13-14-10/h1-5H,(H2,12,13). The largest absolute Gasteiger partial charge is 0.437 e. The second-order valence-corrected chi connectivity index (χ2v) is 3.68. The minimum absolute atomic E-state index is 0.0131. The molecule has 0 unspecified atom stereocenters. The number of ether oxygens (including phenoxy) is 1. The molecule has 0 aliphatic carbocycles. The third-order valence-electron chi connectivity index (χ3n) is 2.00. The van der Waals surface area contributed by atoms with Crippen molar-refractivity contribution in [2.45, 2.75) is 0 Å². The number of nitrogen functional groups attached to an aromatic ring is 1. The van der Waals surface area contributed by atoms with Crippen LogP contribution < -0.4 is 10.5 Å². The van der Waals surface area contributed by atoms with E-state index in [0.29, 0.717) is 5.75 Å². The van der Waals surface area contributed by atoms with Gasteiger partial charge in [-0.2, -0.15) is 0 Å². The molecule has 0 spiro atoms. The first-order chi connectivity index (χ1) is 8.56. The van der Waals surface area contributed by atoms with Gasteiger partial charge in [0.2, 0.25) is 5.88 Å². The second-order valence-electron chi connectivity index (χ2n) is 3.27. The third-order valence-corrected chi connectivity index (χ3v) is 2.30. The summed E-state index contributed by atoms with van der Waals surface area (Å²) >= 11 is 5.74. The summed E-state index contributed by atoms with van der Waals surface area (Å²) in [4.78, 5) is 10.00. The minimum Gasteiger partial charge on any atom is -0.437 e. The first-order valence-electron chi connectivity index (χ1n) is 4.77. The Hall–Kier alpha value is -2.41. The van der Waals surface area contributed by atoms with Crippen LogP contribution in [0.5, 0.6) is 11.6 Å². The van der Waals surface area contributed by atoms with Crippen molar-refractivity contribution in [3.8, 4) is 11.6 Å². The second kappa shape index (κ2) is 4.84. The van der Waals surface area contributed by atoms with Gasteiger partial charge in [-0.1, -0.05) is 11.6 Å². The third kappa shape index (κ3) is 2.64. The molecule has 1 aromatic heterocycles. The van der Waals surface area contributed by atoms with Crippen LogP contribution >= 0.6 is 11.6 Å². The molecule has 0 aliphatic rings. The fourth-order valence-electron chi connectivity index (χ4n) is 1.20. The Morgan fingerprint density at radius 1 is 1.28 bits per heavy atom. The summed E-state index contributed by atoms with van der Waals surface area (Å²) in [6, 6.07) is 7.05. The van der Waals surface area contributed by atoms with E-state index in [1.54, 1.807) is 0 Å². The molecule has 0 aliphatic heterocycles. The number of nitro benzene ring substituents is 1. The molecule has 2 N–H and O–H groups in total. The summed E-state index contributed by atoms with van der Waals surface area (Å²) in [6.45, 7) is 0. The SMILES string of the molecule is Nc1ccc(Oc2ccc([N+](=O)[O-])c(Cl)c2)nn1. The van der Waals surface area contributed by atoms with Crippen LogP contribution in [0.3, 0.4) is 0 Å². The van der Waals surface area contributed by atoms with E-state index in [4.69, 9.17) is 22.1 Å². The summed E-state index contributed by atoms with van der Waals surface area (Å²) in [6.07, 6.45) is 0. The number of anilines is 1. The number of aromatic nitrogens is 2. The number of nitrogens with two attached hydrogens (primary N) is 1. The maximum Gasteiger partial charge on any atom is 0.288 e. The molecule has 2 rings (SSSR count). The Labute approximate surface area is 106 Å². The summed E-state index contributed by atoms with van der Waals surface area (Å²) in [5.41, 5.74) is 5.18. The fraction of sp³-hybridized carbons (Fsp3) is 0. The van der Waals surface area contributed by atoms with Crippen LogP contribution in [-0.2, 0) is 0 Å². The average Bonchev–Trinajstić information content (AvgIpc) is 2.32. The Morgan fingerprint density at radius 3 is 2.61 bits per heavy atom. The molecular weight excluding hydrogens is 260 g/mol. The van der Waals surface area contributed by atoms with Gasteiger partial charge in [-0.3, -0.25) is 10.1 Å². The van der Waals surface area contributed by atoms with E-state index >= 15 is 0 Å². The average molecular weight is 267 g/mol. The van der Waals surface area contributed by atoms with Crippen molar-refractivity contribution in [1.29, 1.82) is 0 Å². The summed E-state index contributed by atoms with van der Waals surface area (Å²) < 4.78 is 5.31. The van der Waals surface area contributed by atoms with E-state index in [-0.39, 0.29) is 22.4 Å². The van der Waals surface area contributed by atoms with Crippen molar-refractivity contribution in [2.24, 2.45) is 0 Å². The van der Waals surface area contributed by atoms with Gasteiger partial charge in [0, 0.05) is 18.2 Å². The van der Waals surface area contributed by atoms with Crippen LogP contribution in [0.1, 0.15) is 0 Å². The molecule has 0 bridgehead atoms. The van der Waals surface area contributed by atoms with Crippen LogP contribution in [0.4, 0.5) is 11.5 Å². The number of hydrogen-bond donors (Lipinski definition) is 1. The molecule has 8 heteroatoms. The number of benzene rings is 1. The van der Waals surface area contributed by atoms with Gasteiger partial charge >= 0.3 is 0 Å². The summed E-state index contributed by atoms with van der Waals surface area (Å²) in [5.74, 6) is 0.808. The van der Waals surface area contributed by atoms with Gasteiger partial charge in [0.1, 0.15) is 16.6 Å². The molecule has 18 heavy (non-hydrogen) atoms. The molecule has 0 atom stereocenters. The predicted octanol–water partition coefficient (Wildman–Crippen LogP) is 2.41. The molecule has 0 fully saturated rings.